The summed E-state index contributed by atoms with van der Waals surface area (Å²) in [4.78, 5) is 17.4. The molecule has 1 aromatic heterocycles. The molecule has 0 saturated heterocycles. The molecule has 6 nitrogen and oxygen atoms in total. The molecule has 0 radical (unpaired) electrons. The quantitative estimate of drug-likeness (QED) is 0.423. The third-order valence-electron chi connectivity index (χ3n) is 4.97. The number of anilines is 1. The van der Waals surface area contributed by atoms with Crippen molar-refractivity contribution in [1.82, 2.24) is 10.3 Å². The van der Waals surface area contributed by atoms with Crippen LogP contribution in [0.25, 0.3) is 11.3 Å². The topological polar surface area (TPSA) is 104 Å². The minimum Gasteiger partial charge on any atom is -0.369 e. The fourth-order valence-electron chi connectivity index (χ4n) is 3.32. The van der Waals surface area contributed by atoms with Crippen molar-refractivity contribution < 1.29 is 9.18 Å². The van der Waals surface area contributed by atoms with E-state index in [4.69, 9.17) is 5.73 Å². The smallest absolute Gasteiger partial charge is 0.255 e. The zero-order chi connectivity index (χ0) is 22.8. The number of carbonyl (C=O) groups is 1. The molecular formula is C25H26FN5O. The Kier molecular flexibility index (Phi) is 8.29. The van der Waals surface area contributed by atoms with Gasteiger partial charge in [0.25, 0.3) is 5.91 Å². The number of benzene rings is 2. The summed E-state index contributed by atoms with van der Waals surface area (Å²) in [5.41, 5.74) is 8.55. The molecule has 1 heterocycles. The molecule has 2 aromatic carbocycles. The van der Waals surface area contributed by atoms with Crippen molar-refractivity contribution >= 4 is 11.7 Å². The van der Waals surface area contributed by atoms with Crippen LogP contribution in [0.1, 0.15) is 34.3 Å². The number of hydrogen-bond donors (Lipinski definition) is 3. The summed E-state index contributed by atoms with van der Waals surface area (Å²) in [7, 11) is 0. The van der Waals surface area contributed by atoms with Gasteiger partial charge in [0.15, 0.2) is 0 Å². The highest BCUT2D eigenvalue weighted by molar-refractivity contribution is 5.99. The van der Waals surface area contributed by atoms with Crippen LogP contribution in [0.5, 0.6) is 0 Å². The molecule has 164 valence electrons. The third-order valence-corrected chi connectivity index (χ3v) is 4.97. The van der Waals surface area contributed by atoms with E-state index in [-0.39, 0.29) is 11.7 Å². The standard InChI is InChI=1S/C25H26FN5O/c26-20-8-5-6-18(16-20)12-15-29-24-22(25(32)30-14-4-3-13-27)10-11-23(31-24)21-9-2-1-7-19(21)17-28/h1-2,5-11,16H,3-4,12-15,27H2,(H,29,31)(H,30,32). The number of unbranched alkanes of at least 4 members (excludes halogenated alkanes) is 1. The van der Waals surface area contributed by atoms with E-state index in [2.05, 4.69) is 21.7 Å². The Morgan fingerprint density at radius 1 is 1.06 bits per heavy atom. The number of rotatable bonds is 10. The van der Waals surface area contributed by atoms with E-state index in [0.717, 1.165) is 18.4 Å². The second-order valence-electron chi connectivity index (χ2n) is 7.31. The first-order valence-electron chi connectivity index (χ1n) is 10.6. The average molecular weight is 432 g/mol. The Morgan fingerprint density at radius 3 is 2.69 bits per heavy atom. The van der Waals surface area contributed by atoms with Crippen molar-refractivity contribution in [2.75, 3.05) is 25.0 Å². The normalized spacial score (nSPS) is 10.4. The maximum absolute atomic E-state index is 13.5. The summed E-state index contributed by atoms with van der Waals surface area (Å²) in [6.45, 7) is 1.57. The minimum atomic E-state index is -0.284. The number of aromatic nitrogens is 1. The molecule has 1 amide bonds. The minimum absolute atomic E-state index is 0.233. The summed E-state index contributed by atoms with van der Waals surface area (Å²) >= 11 is 0. The lowest BCUT2D eigenvalue weighted by molar-refractivity contribution is 0.0953. The maximum atomic E-state index is 13.5. The molecule has 0 bridgehead atoms. The SMILES string of the molecule is N#Cc1ccccc1-c1ccc(C(=O)NCCCCN)c(NCCc2cccc(F)c2)n1. The Balaban J connectivity index is 1.83. The molecule has 4 N–H and O–H groups in total. The average Bonchev–Trinajstić information content (AvgIpc) is 2.81. The van der Waals surface area contributed by atoms with Crippen molar-refractivity contribution in [3.63, 3.8) is 0 Å². The molecule has 0 fully saturated rings. The number of nitrogens with zero attached hydrogens (tertiary/aromatic N) is 2. The molecule has 0 aliphatic rings. The monoisotopic (exact) mass is 431 g/mol. The number of nitrogens with one attached hydrogen (secondary N) is 2. The molecule has 0 atom stereocenters. The zero-order valence-corrected chi connectivity index (χ0v) is 17.8. The van der Waals surface area contributed by atoms with Crippen LogP contribution in [-0.2, 0) is 6.42 Å². The second-order valence-corrected chi connectivity index (χ2v) is 7.31. The van der Waals surface area contributed by atoms with Gasteiger partial charge in [0.2, 0.25) is 0 Å². The molecule has 7 heteroatoms. The lowest BCUT2D eigenvalue weighted by Crippen LogP contribution is -2.26. The summed E-state index contributed by atoms with van der Waals surface area (Å²) < 4.78 is 13.5. The van der Waals surface area contributed by atoms with Crippen LogP contribution in [0.4, 0.5) is 10.2 Å². The van der Waals surface area contributed by atoms with Gasteiger partial charge in [0, 0.05) is 18.7 Å². The van der Waals surface area contributed by atoms with Gasteiger partial charge in [-0.15, -0.1) is 0 Å². The highest BCUT2D eigenvalue weighted by Crippen LogP contribution is 2.25. The van der Waals surface area contributed by atoms with Crippen LogP contribution in [-0.4, -0.2) is 30.5 Å². The van der Waals surface area contributed by atoms with Crippen molar-refractivity contribution in [2.45, 2.75) is 19.3 Å². The zero-order valence-electron chi connectivity index (χ0n) is 17.8. The van der Waals surface area contributed by atoms with Gasteiger partial charge in [-0.2, -0.15) is 5.26 Å². The van der Waals surface area contributed by atoms with Crippen LogP contribution in [0.2, 0.25) is 0 Å². The van der Waals surface area contributed by atoms with E-state index >= 15 is 0 Å². The molecule has 0 aliphatic carbocycles. The Labute approximate surface area is 187 Å². The van der Waals surface area contributed by atoms with Crippen molar-refractivity contribution in [1.29, 1.82) is 5.26 Å². The molecule has 3 aromatic rings. The third kappa shape index (κ3) is 6.13. The first-order chi connectivity index (χ1) is 15.6. The van der Waals surface area contributed by atoms with Crippen LogP contribution < -0.4 is 16.4 Å². The fourth-order valence-corrected chi connectivity index (χ4v) is 3.32. The Hall–Kier alpha value is -3.76. The lowest BCUT2D eigenvalue weighted by atomic mass is 10.0. The fraction of sp³-hybridized carbons (Fsp3) is 0.240. The van der Waals surface area contributed by atoms with E-state index in [9.17, 15) is 14.4 Å². The van der Waals surface area contributed by atoms with Gasteiger partial charge in [0.1, 0.15) is 11.6 Å². The molecule has 32 heavy (non-hydrogen) atoms. The predicted molar refractivity (Wildman–Crippen MR) is 124 cm³/mol. The molecule has 0 unspecified atom stereocenters. The van der Waals surface area contributed by atoms with Crippen LogP contribution in [0.15, 0.2) is 60.7 Å². The van der Waals surface area contributed by atoms with Gasteiger partial charge in [-0.25, -0.2) is 9.37 Å². The first kappa shape index (κ1) is 22.9. The van der Waals surface area contributed by atoms with E-state index in [1.165, 1.54) is 12.1 Å². The highest BCUT2D eigenvalue weighted by atomic mass is 19.1. The van der Waals surface area contributed by atoms with Gasteiger partial charge in [-0.1, -0.05) is 30.3 Å². The van der Waals surface area contributed by atoms with E-state index in [1.54, 1.807) is 30.3 Å². The number of carbonyl (C=O) groups excluding carboxylic acids is 1. The Morgan fingerprint density at radius 2 is 1.91 bits per heavy atom. The summed E-state index contributed by atoms with van der Waals surface area (Å²) in [6, 6.07) is 19.2. The Bertz CT molecular complexity index is 1110. The number of halogens is 1. The number of nitrogens with two attached hydrogens (primary N) is 1. The summed E-state index contributed by atoms with van der Waals surface area (Å²) in [5, 5.41) is 15.5. The molecule has 3 rings (SSSR count). The molecule has 0 spiro atoms. The highest BCUT2D eigenvalue weighted by Gasteiger charge is 2.15. The molecule has 0 aliphatic heterocycles. The van der Waals surface area contributed by atoms with Crippen molar-refractivity contribution in [3.05, 3.63) is 83.2 Å². The van der Waals surface area contributed by atoms with Crippen LogP contribution in [0.3, 0.4) is 0 Å². The number of hydrogen-bond acceptors (Lipinski definition) is 5. The van der Waals surface area contributed by atoms with Gasteiger partial charge in [0.05, 0.1) is 22.9 Å². The van der Waals surface area contributed by atoms with Crippen molar-refractivity contribution in [3.8, 4) is 17.3 Å². The first-order valence-corrected chi connectivity index (χ1v) is 10.6. The number of pyridine rings is 1. The van der Waals surface area contributed by atoms with Gasteiger partial charge >= 0.3 is 0 Å². The van der Waals surface area contributed by atoms with Crippen molar-refractivity contribution in [2.24, 2.45) is 5.73 Å². The lowest BCUT2D eigenvalue weighted by Gasteiger charge is -2.14. The maximum Gasteiger partial charge on any atom is 0.255 e. The summed E-state index contributed by atoms with van der Waals surface area (Å²) in [5.74, 6) is -0.0980. The molecular weight excluding hydrogens is 405 g/mol. The summed E-state index contributed by atoms with van der Waals surface area (Å²) in [6.07, 6.45) is 2.20. The molecule has 0 saturated carbocycles. The van der Waals surface area contributed by atoms with E-state index in [1.807, 2.05) is 18.2 Å². The largest absolute Gasteiger partial charge is 0.369 e. The van der Waals surface area contributed by atoms with Gasteiger partial charge in [-0.3, -0.25) is 4.79 Å². The van der Waals surface area contributed by atoms with E-state index < -0.39 is 0 Å². The predicted octanol–water partition coefficient (Wildman–Crippen LogP) is 3.88. The van der Waals surface area contributed by atoms with Gasteiger partial charge < -0.3 is 16.4 Å². The number of nitriles is 1. The second kappa shape index (κ2) is 11.6. The van der Waals surface area contributed by atoms with Crippen LogP contribution >= 0.6 is 0 Å². The van der Waals surface area contributed by atoms with Crippen LogP contribution in [0, 0.1) is 17.1 Å². The number of amides is 1. The van der Waals surface area contributed by atoms with Gasteiger partial charge in [-0.05, 0) is 61.7 Å². The van der Waals surface area contributed by atoms with E-state index in [0.29, 0.717) is 54.3 Å².